The molecule has 0 bridgehead atoms. The molecule has 4 nitrogen and oxygen atoms in total. The van der Waals surface area contributed by atoms with Crippen LogP contribution in [0, 0.1) is 5.92 Å². The molecule has 0 aliphatic heterocycles. The van der Waals surface area contributed by atoms with E-state index in [0.717, 1.165) is 37.0 Å². The van der Waals surface area contributed by atoms with Gasteiger partial charge in [0.15, 0.2) is 0 Å². The Morgan fingerprint density at radius 3 is 2.81 bits per heavy atom. The van der Waals surface area contributed by atoms with Crippen molar-refractivity contribution in [2.75, 3.05) is 13.4 Å². The molecule has 1 fully saturated rings. The maximum Gasteiger partial charge on any atom is 0.150 e. The van der Waals surface area contributed by atoms with Gasteiger partial charge in [0.25, 0.3) is 0 Å². The minimum atomic E-state index is -2.95. The Morgan fingerprint density at radius 2 is 2.14 bits per heavy atom. The maximum atomic E-state index is 11.7. The minimum Gasteiger partial charge on any atom is -0.497 e. The highest BCUT2D eigenvalue weighted by molar-refractivity contribution is 7.91. The molecule has 1 aromatic rings. The number of hydrogen-bond donors (Lipinski definition) is 1. The highest BCUT2D eigenvalue weighted by Gasteiger charge is 2.31. The molecular formula is C16H25NO3S. The summed E-state index contributed by atoms with van der Waals surface area (Å²) >= 11 is 0. The van der Waals surface area contributed by atoms with Crippen LogP contribution in [-0.2, 0) is 16.3 Å². The maximum absolute atomic E-state index is 11.7. The predicted molar refractivity (Wildman–Crippen MR) is 85.3 cm³/mol. The fourth-order valence-corrected chi connectivity index (χ4v) is 4.39. The largest absolute Gasteiger partial charge is 0.497 e. The van der Waals surface area contributed by atoms with Gasteiger partial charge in [-0.1, -0.05) is 18.6 Å². The Labute approximate surface area is 127 Å². The van der Waals surface area contributed by atoms with E-state index < -0.39 is 9.84 Å². The molecule has 0 radical (unpaired) electrons. The Kier molecular flexibility index (Phi) is 5.27. The number of hydrogen-bond acceptors (Lipinski definition) is 4. The van der Waals surface area contributed by atoms with Crippen LogP contribution in [0.2, 0.25) is 0 Å². The third-order valence-corrected chi connectivity index (χ3v) is 6.12. The van der Waals surface area contributed by atoms with Crippen LogP contribution in [0.3, 0.4) is 0 Å². The zero-order valence-electron chi connectivity index (χ0n) is 12.8. The smallest absolute Gasteiger partial charge is 0.150 e. The Balaban J connectivity index is 2.00. The first-order chi connectivity index (χ1) is 9.90. The number of benzene rings is 1. The second kappa shape index (κ2) is 6.79. The fraction of sp³-hybridized carbons (Fsp3) is 0.625. The van der Waals surface area contributed by atoms with Crippen molar-refractivity contribution in [2.24, 2.45) is 11.7 Å². The van der Waals surface area contributed by atoms with Crippen LogP contribution in [0.25, 0.3) is 0 Å². The second-order valence-corrected chi connectivity index (χ2v) is 8.42. The molecule has 3 unspecified atom stereocenters. The quantitative estimate of drug-likeness (QED) is 0.905. The number of nitrogens with two attached hydrogens (primary N) is 1. The average Bonchev–Trinajstić information content (AvgIpc) is 2.46. The summed E-state index contributed by atoms with van der Waals surface area (Å²) in [5, 5.41) is -0.215. The molecule has 1 aromatic carbocycles. The molecular weight excluding hydrogens is 286 g/mol. The minimum absolute atomic E-state index is 0.00153. The molecule has 0 spiro atoms. The van der Waals surface area contributed by atoms with Gasteiger partial charge in [-0.05, 0) is 49.3 Å². The molecule has 118 valence electrons. The van der Waals surface area contributed by atoms with E-state index in [1.807, 2.05) is 24.3 Å². The number of methoxy groups -OCH3 is 1. The lowest BCUT2D eigenvalue weighted by atomic mass is 9.82. The molecule has 1 saturated carbocycles. The van der Waals surface area contributed by atoms with E-state index in [1.54, 1.807) is 7.11 Å². The molecule has 0 aromatic heterocycles. The highest BCUT2D eigenvalue weighted by Crippen LogP contribution is 2.31. The summed E-state index contributed by atoms with van der Waals surface area (Å²) < 4.78 is 28.7. The first-order valence-corrected chi connectivity index (χ1v) is 9.43. The molecule has 0 saturated heterocycles. The first kappa shape index (κ1) is 16.3. The summed E-state index contributed by atoms with van der Waals surface area (Å²) in [6.07, 6.45) is 5.56. The summed E-state index contributed by atoms with van der Waals surface area (Å²) in [7, 11) is -1.30. The fourth-order valence-electron chi connectivity index (χ4n) is 3.20. The summed E-state index contributed by atoms with van der Waals surface area (Å²) in [6, 6.07) is 7.91. The van der Waals surface area contributed by atoms with Gasteiger partial charge in [0.1, 0.15) is 15.6 Å². The summed E-state index contributed by atoms with van der Waals surface area (Å²) in [5.74, 6) is 1.11. The van der Waals surface area contributed by atoms with Crippen LogP contribution >= 0.6 is 0 Å². The van der Waals surface area contributed by atoms with Gasteiger partial charge in [-0.2, -0.15) is 0 Å². The molecule has 0 heterocycles. The molecule has 2 N–H and O–H groups in total. The zero-order chi connectivity index (χ0) is 15.5. The SMILES string of the molecule is COc1cccc(CC(N)C2CCCC(S(C)(=O)=O)C2)c1. The third kappa shape index (κ3) is 4.45. The van der Waals surface area contributed by atoms with Gasteiger partial charge in [-0.3, -0.25) is 0 Å². The molecule has 0 amide bonds. The number of ether oxygens (including phenoxy) is 1. The monoisotopic (exact) mass is 311 g/mol. The molecule has 1 aliphatic carbocycles. The van der Waals surface area contributed by atoms with Crippen molar-refractivity contribution in [3.63, 3.8) is 0 Å². The lowest BCUT2D eigenvalue weighted by Crippen LogP contribution is -2.38. The van der Waals surface area contributed by atoms with Crippen LogP contribution in [0.5, 0.6) is 5.75 Å². The van der Waals surface area contributed by atoms with Crippen molar-refractivity contribution < 1.29 is 13.2 Å². The zero-order valence-corrected chi connectivity index (χ0v) is 13.6. The van der Waals surface area contributed by atoms with E-state index in [2.05, 4.69) is 0 Å². The van der Waals surface area contributed by atoms with Crippen molar-refractivity contribution in [1.29, 1.82) is 0 Å². The highest BCUT2D eigenvalue weighted by atomic mass is 32.2. The molecule has 5 heteroatoms. The number of rotatable bonds is 5. The van der Waals surface area contributed by atoms with E-state index in [-0.39, 0.29) is 17.2 Å². The van der Waals surface area contributed by atoms with E-state index in [0.29, 0.717) is 6.42 Å². The van der Waals surface area contributed by atoms with Crippen LogP contribution in [0.4, 0.5) is 0 Å². The summed E-state index contributed by atoms with van der Waals surface area (Å²) in [6.45, 7) is 0. The standard InChI is InChI=1S/C16H25NO3S/c1-20-14-7-3-5-12(9-14)10-16(17)13-6-4-8-15(11-13)21(2,18)19/h3,5,7,9,13,15-16H,4,6,8,10-11,17H2,1-2H3. The third-order valence-electron chi connectivity index (χ3n) is 4.48. The Bertz CT molecular complexity index is 571. The van der Waals surface area contributed by atoms with E-state index >= 15 is 0 Å². The molecule has 1 aliphatic rings. The van der Waals surface area contributed by atoms with Crippen molar-refractivity contribution >= 4 is 9.84 Å². The van der Waals surface area contributed by atoms with Crippen molar-refractivity contribution in [2.45, 2.75) is 43.4 Å². The average molecular weight is 311 g/mol. The molecule has 3 atom stereocenters. The summed E-state index contributed by atoms with van der Waals surface area (Å²) in [5.41, 5.74) is 7.48. The van der Waals surface area contributed by atoms with E-state index in [9.17, 15) is 8.42 Å². The van der Waals surface area contributed by atoms with Gasteiger partial charge in [-0.25, -0.2) is 8.42 Å². The molecule has 2 rings (SSSR count). The van der Waals surface area contributed by atoms with E-state index in [4.69, 9.17) is 10.5 Å². The predicted octanol–water partition coefficient (Wildman–Crippen LogP) is 2.17. The van der Waals surface area contributed by atoms with Gasteiger partial charge in [0, 0.05) is 12.3 Å². The van der Waals surface area contributed by atoms with Crippen LogP contribution in [-0.4, -0.2) is 33.1 Å². The van der Waals surface area contributed by atoms with Crippen molar-refractivity contribution in [3.05, 3.63) is 29.8 Å². The van der Waals surface area contributed by atoms with Crippen molar-refractivity contribution in [1.82, 2.24) is 0 Å². The van der Waals surface area contributed by atoms with Gasteiger partial charge in [-0.15, -0.1) is 0 Å². The van der Waals surface area contributed by atoms with Crippen LogP contribution < -0.4 is 10.5 Å². The van der Waals surface area contributed by atoms with E-state index in [1.165, 1.54) is 6.26 Å². The lowest BCUT2D eigenvalue weighted by Gasteiger charge is -2.32. The van der Waals surface area contributed by atoms with Gasteiger partial charge >= 0.3 is 0 Å². The van der Waals surface area contributed by atoms with Gasteiger partial charge in [0.2, 0.25) is 0 Å². The summed E-state index contributed by atoms with van der Waals surface area (Å²) in [4.78, 5) is 0. The lowest BCUT2D eigenvalue weighted by molar-refractivity contribution is 0.304. The Morgan fingerprint density at radius 1 is 1.38 bits per heavy atom. The normalized spacial score (nSPS) is 24.5. The number of sulfone groups is 1. The molecule has 21 heavy (non-hydrogen) atoms. The second-order valence-electron chi connectivity index (χ2n) is 6.10. The first-order valence-electron chi connectivity index (χ1n) is 7.47. The van der Waals surface area contributed by atoms with Gasteiger partial charge < -0.3 is 10.5 Å². The van der Waals surface area contributed by atoms with Gasteiger partial charge in [0.05, 0.1) is 12.4 Å². The van der Waals surface area contributed by atoms with Crippen LogP contribution in [0.15, 0.2) is 24.3 Å². The van der Waals surface area contributed by atoms with Crippen LogP contribution in [0.1, 0.15) is 31.2 Å². The Hall–Kier alpha value is -1.07. The van der Waals surface area contributed by atoms with Crippen molar-refractivity contribution in [3.8, 4) is 5.75 Å². The topological polar surface area (TPSA) is 69.4 Å².